The summed E-state index contributed by atoms with van der Waals surface area (Å²) in [6.07, 6.45) is 7.57. The maximum absolute atomic E-state index is 5.17. The van der Waals surface area contributed by atoms with Gasteiger partial charge in [0.05, 0.1) is 6.54 Å². The first-order valence-corrected chi connectivity index (χ1v) is 10.2. The van der Waals surface area contributed by atoms with Crippen LogP contribution < -0.4 is 5.32 Å². The van der Waals surface area contributed by atoms with Crippen molar-refractivity contribution in [2.75, 3.05) is 31.9 Å². The fourth-order valence-electron chi connectivity index (χ4n) is 3.65. The van der Waals surface area contributed by atoms with Gasteiger partial charge >= 0.3 is 0 Å². The second kappa shape index (κ2) is 8.23. The van der Waals surface area contributed by atoms with Crippen molar-refractivity contribution in [2.45, 2.75) is 57.1 Å². The van der Waals surface area contributed by atoms with E-state index in [9.17, 15) is 0 Å². The molecular weight excluding hydrogens is 322 g/mol. The Bertz CT molecular complexity index is 547. The highest BCUT2D eigenvalue weighted by Gasteiger charge is 2.38. The number of aliphatic imine (C=N–C) groups is 1. The molecule has 0 unspecified atom stereocenters. The fraction of sp³-hybridized carbons (Fsp3) is 0.824. The molecule has 2 aliphatic rings. The van der Waals surface area contributed by atoms with E-state index in [1.54, 1.807) is 0 Å². The molecule has 7 heteroatoms. The number of nitrogens with zero attached hydrogens (tertiary/aromatic N) is 4. The predicted molar refractivity (Wildman–Crippen MR) is 98.6 cm³/mol. The molecule has 1 saturated carbocycles. The summed E-state index contributed by atoms with van der Waals surface area (Å²) < 4.78 is 5.63. The lowest BCUT2D eigenvalue weighted by Crippen LogP contribution is -2.53. The maximum atomic E-state index is 5.17. The van der Waals surface area contributed by atoms with Crippen molar-refractivity contribution in [3.8, 4) is 0 Å². The van der Waals surface area contributed by atoms with Crippen LogP contribution in [0, 0.1) is 6.92 Å². The first-order chi connectivity index (χ1) is 11.7. The average Bonchev–Trinajstić information content (AvgIpc) is 3.00. The van der Waals surface area contributed by atoms with Crippen LogP contribution in [0.1, 0.15) is 50.7 Å². The highest BCUT2D eigenvalue weighted by molar-refractivity contribution is 8.00. The minimum atomic E-state index is 0.455. The molecule has 3 rings (SSSR count). The number of aryl methyl sites for hydroxylation is 1. The molecule has 2 heterocycles. The van der Waals surface area contributed by atoms with Gasteiger partial charge in [0.25, 0.3) is 0 Å². The normalized spacial score (nSPS) is 21.2. The van der Waals surface area contributed by atoms with E-state index in [-0.39, 0.29) is 0 Å². The van der Waals surface area contributed by atoms with Crippen molar-refractivity contribution >= 4 is 17.7 Å². The van der Waals surface area contributed by atoms with Gasteiger partial charge in [0, 0.05) is 36.6 Å². The van der Waals surface area contributed by atoms with Crippen LogP contribution in [0.25, 0.3) is 0 Å². The van der Waals surface area contributed by atoms with Gasteiger partial charge in [-0.1, -0.05) is 24.4 Å². The third-order valence-corrected chi connectivity index (χ3v) is 6.34. The maximum Gasteiger partial charge on any atom is 0.228 e. The minimum Gasteiger partial charge on any atom is -0.357 e. The summed E-state index contributed by atoms with van der Waals surface area (Å²) in [5.41, 5.74) is 0. The van der Waals surface area contributed by atoms with Gasteiger partial charge < -0.3 is 14.7 Å². The lowest BCUT2D eigenvalue weighted by molar-refractivity contribution is 0.293. The molecule has 0 amide bonds. The number of aromatic nitrogens is 2. The zero-order chi connectivity index (χ0) is 16.8. The molecule has 1 spiro atoms. The SMILES string of the molecule is CCNC(=NCCc1nc(C)no1)N1CCSC2(CCCCC2)C1. The average molecular weight is 352 g/mol. The van der Waals surface area contributed by atoms with Gasteiger partial charge in [0.2, 0.25) is 5.89 Å². The topological polar surface area (TPSA) is 66.5 Å². The third-order valence-electron chi connectivity index (χ3n) is 4.80. The van der Waals surface area contributed by atoms with Gasteiger partial charge in [-0.2, -0.15) is 16.7 Å². The van der Waals surface area contributed by atoms with E-state index in [1.807, 2.05) is 6.92 Å². The number of rotatable bonds is 4. The molecule has 1 aliphatic carbocycles. The molecule has 1 N–H and O–H groups in total. The van der Waals surface area contributed by atoms with Crippen molar-refractivity contribution < 1.29 is 4.52 Å². The zero-order valence-electron chi connectivity index (χ0n) is 14.9. The van der Waals surface area contributed by atoms with E-state index in [0.717, 1.165) is 25.6 Å². The van der Waals surface area contributed by atoms with Crippen molar-refractivity contribution in [1.82, 2.24) is 20.4 Å². The number of hydrogen-bond donors (Lipinski definition) is 1. The lowest BCUT2D eigenvalue weighted by Gasteiger charge is -2.45. The van der Waals surface area contributed by atoms with Crippen LogP contribution in [0.2, 0.25) is 0 Å². The van der Waals surface area contributed by atoms with Crippen LogP contribution in [0.15, 0.2) is 9.52 Å². The first-order valence-electron chi connectivity index (χ1n) is 9.17. The van der Waals surface area contributed by atoms with Crippen molar-refractivity contribution in [3.63, 3.8) is 0 Å². The Morgan fingerprint density at radius 1 is 1.38 bits per heavy atom. The van der Waals surface area contributed by atoms with Crippen LogP contribution in [-0.2, 0) is 6.42 Å². The number of hydrogen-bond acceptors (Lipinski definition) is 5. The lowest BCUT2D eigenvalue weighted by atomic mass is 9.87. The summed E-state index contributed by atoms with van der Waals surface area (Å²) in [5, 5.41) is 7.30. The van der Waals surface area contributed by atoms with Gasteiger partial charge in [0.1, 0.15) is 0 Å². The van der Waals surface area contributed by atoms with Crippen LogP contribution in [0.3, 0.4) is 0 Å². The molecule has 1 saturated heterocycles. The zero-order valence-corrected chi connectivity index (χ0v) is 15.7. The quantitative estimate of drug-likeness (QED) is 0.664. The Labute approximate surface area is 148 Å². The summed E-state index contributed by atoms with van der Waals surface area (Å²) in [6, 6.07) is 0. The molecule has 0 radical (unpaired) electrons. The van der Waals surface area contributed by atoms with Crippen LogP contribution in [-0.4, -0.2) is 57.7 Å². The predicted octanol–water partition coefficient (Wildman–Crippen LogP) is 2.64. The summed E-state index contributed by atoms with van der Waals surface area (Å²) in [5.74, 6) is 3.60. The van der Waals surface area contributed by atoms with E-state index < -0.39 is 0 Å². The molecule has 24 heavy (non-hydrogen) atoms. The Balaban J connectivity index is 1.61. The molecule has 1 aromatic heterocycles. The van der Waals surface area contributed by atoms with E-state index >= 15 is 0 Å². The molecule has 0 atom stereocenters. The molecule has 134 valence electrons. The van der Waals surface area contributed by atoms with Crippen LogP contribution >= 0.6 is 11.8 Å². The molecule has 1 aliphatic heterocycles. The molecule has 1 aromatic rings. The van der Waals surface area contributed by atoms with Crippen molar-refractivity contribution in [1.29, 1.82) is 0 Å². The van der Waals surface area contributed by atoms with Gasteiger partial charge in [-0.25, -0.2) is 0 Å². The second-order valence-electron chi connectivity index (χ2n) is 6.73. The van der Waals surface area contributed by atoms with E-state index in [0.29, 0.717) is 29.4 Å². The summed E-state index contributed by atoms with van der Waals surface area (Å²) in [4.78, 5) is 11.5. The van der Waals surface area contributed by atoms with E-state index in [1.165, 1.54) is 37.9 Å². The van der Waals surface area contributed by atoms with Gasteiger partial charge in [0.15, 0.2) is 11.8 Å². The highest BCUT2D eigenvalue weighted by Crippen LogP contribution is 2.42. The van der Waals surface area contributed by atoms with Gasteiger partial charge in [-0.05, 0) is 26.7 Å². The molecule has 6 nitrogen and oxygen atoms in total. The fourth-order valence-corrected chi connectivity index (χ4v) is 5.22. The highest BCUT2D eigenvalue weighted by atomic mass is 32.2. The van der Waals surface area contributed by atoms with E-state index in [4.69, 9.17) is 9.52 Å². The monoisotopic (exact) mass is 351 g/mol. The Morgan fingerprint density at radius 3 is 2.92 bits per heavy atom. The molecular formula is C17H29N5OS. The number of nitrogens with one attached hydrogen (secondary N) is 1. The molecule has 2 fully saturated rings. The number of guanidine groups is 1. The van der Waals surface area contributed by atoms with Gasteiger partial charge in [-0.3, -0.25) is 4.99 Å². The van der Waals surface area contributed by atoms with Crippen molar-refractivity contribution in [2.24, 2.45) is 4.99 Å². The Morgan fingerprint density at radius 2 is 2.21 bits per heavy atom. The second-order valence-corrected chi connectivity index (χ2v) is 8.30. The standard InChI is InChI=1S/C17H29N5OS/c1-3-18-16(19-10-7-15-20-14(2)21-23-15)22-11-12-24-17(13-22)8-5-4-6-9-17/h3-13H2,1-2H3,(H,18,19). The number of thioether (sulfide) groups is 1. The van der Waals surface area contributed by atoms with Gasteiger partial charge in [-0.15, -0.1) is 0 Å². The van der Waals surface area contributed by atoms with Crippen LogP contribution in [0.4, 0.5) is 0 Å². The third kappa shape index (κ3) is 4.43. The Kier molecular flexibility index (Phi) is 6.03. The molecule has 0 aromatic carbocycles. The molecule has 0 bridgehead atoms. The summed E-state index contributed by atoms with van der Waals surface area (Å²) in [7, 11) is 0. The largest absolute Gasteiger partial charge is 0.357 e. The summed E-state index contributed by atoms with van der Waals surface area (Å²) >= 11 is 2.19. The smallest absolute Gasteiger partial charge is 0.228 e. The minimum absolute atomic E-state index is 0.455. The summed E-state index contributed by atoms with van der Waals surface area (Å²) in [6.45, 7) is 7.76. The Hall–Kier alpha value is -1.24. The van der Waals surface area contributed by atoms with E-state index in [2.05, 4.69) is 39.0 Å². The van der Waals surface area contributed by atoms with Crippen molar-refractivity contribution in [3.05, 3.63) is 11.7 Å². The first kappa shape index (κ1) is 17.6. The van der Waals surface area contributed by atoms with Crippen LogP contribution in [0.5, 0.6) is 0 Å².